The van der Waals surface area contributed by atoms with E-state index in [2.05, 4.69) is 4.99 Å². The number of fused-ring (bicyclic) bond motifs is 1. The zero-order valence-electron chi connectivity index (χ0n) is 17.1. The number of rotatable bonds is 4. The van der Waals surface area contributed by atoms with Gasteiger partial charge in [0, 0.05) is 10.6 Å². The van der Waals surface area contributed by atoms with Crippen molar-refractivity contribution in [2.45, 2.75) is 19.9 Å². The summed E-state index contributed by atoms with van der Waals surface area (Å²) in [6.07, 6.45) is 1.41. The van der Waals surface area contributed by atoms with Crippen molar-refractivity contribution in [1.82, 2.24) is 4.57 Å². The van der Waals surface area contributed by atoms with Gasteiger partial charge in [-0.25, -0.2) is 14.2 Å². The molecule has 5 nitrogen and oxygen atoms in total. The predicted octanol–water partition coefficient (Wildman–Crippen LogP) is 4.24. The summed E-state index contributed by atoms with van der Waals surface area (Å²) in [6.45, 7) is 3.58. The maximum Gasteiger partial charge on any atom is 0.338 e. The van der Waals surface area contributed by atoms with Gasteiger partial charge in [-0.1, -0.05) is 52.7 Å². The Hall–Kier alpha value is -2.74. The molecule has 2 heterocycles. The third-order valence-electron chi connectivity index (χ3n) is 4.98. The van der Waals surface area contributed by atoms with E-state index >= 15 is 0 Å². The lowest BCUT2D eigenvalue weighted by molar-refractivity contribution is -0.139. The Kier molecular flexibility index (Phi) is 6.33. The molecule has 0 spiro atoms. The number of thiazole rings is 1. The molecule has 1 aliphatic heterocycles. The van der Waals surface area contributed by atoms with Crippen LogP contribution in [0.1, 0.15) is 31.0 Å². The summed E-state index contributed by atoms with van der Waals surface area (Å²) in [6, 6.07) is 10.4. The number of carbonyl (C=O) groups is 1. The van der Waals surface area contributed by atoms with Crippen molar-refractivity contribution in [2.24, 2.45) is 4.99 Å². The third kappa shape index (κ3) is 4.03. The molecule has 32 heavy (non-hydrogen) atoms. The Balaban J connectivity index is 1.99. The molecule has 0 aliphatic carbocycles. The summed E-state index contributed by atoms with van der Waals surface area (Å²) in [7, 11) is 0. The molecule has 9 heteroatoms. The number of allylic oxidation sites excluding steroid dienone is 1. The number of benzene rings is 2. The van der Waals surface area contributed by atoms with Gasteiger partial charge >= 0.3 is 5.97 Å². The van der Waals surface area contributed by atoms with Crippen molar-refractivity contribution < 1.29 is 13.9 Å². The van der Waals surface area contributed by atoms with E-state index in [1.54, 1.807) is 44.2 Å². The number of hydrogen-bond donors (Lipinski definition) is 0. The summed E-state index contributed by atoms with van der Waals surface area (Å²) in [4.78, 5) is 31.1. The number of nitrogens with zero attached hydrogens (tertiary/aromatic N) is 2. The average Bonchev–Trinajstić information content (AvgIpc) is 3.05. The maximum atomic E-state index is 14.3. The number of carbonyl (C=O) groups excluding carboxylic acids is 1. The minimum Gasteiger partial charge on any atom is -0.463 e. The van der Waals surface area contributed by atoms with E-state index in [-0.39, 0.29) is 27.3 Å². The van der Waals surface area contributed by atoms with Crippen LogP contribution in [0.5, 0.6) is 0 Å². The van der Waals surface area contributed by atoms with Crippen LogP contribution in [0.3, 0.4) is 0 Å². The Bertz CT molecular complexity index is 1400. The second-order valence-corrected chi connectivity index (χ2v) is 8.84. The van der Waals surface area contributed by atoms with Crippen LogP contribution in [0.4, 0.5) is 4.39 Å². The Morgan fingerprint density at radius 2 is 1.97 bits per heavy atom. The number of ether oxygens (including phenoxy) is 1. The van der Waals surface area contributed by atoms with E-state index in [0.717, 1.165) is 11.3 Å². The van der Waals surface area contributed by atoms with Crippen molar-refractivity contribution in [3.8, 4) is 0 Å². The van der Waals surface area contributed by atoms with Crippen molar-refractivity contribution in [3.63, 3.8) is 0 Å². The normalized spacial score (nSPS) is 16.0. The first kappa shape index (κ1) is 22.5. The van der Waals surface area contributed by atoms with E-state index in [1.165, 1.54) is 22.8 Å². The third-order valence-corrected chi connectivity index (χ3v) is 6.54. The van der Waals surface area contributed by atoms with Crippen LogP contribution in [0.2, 0.25) is 10.0 Å². The summed E-state index contributed by atoms with van der Waals surface area (Å²) in [5, 5.41) is 0.710. The van der Waals surface area contributed by atoms with Crippen LogP contribution < -0.4 is 14.9 Å². The highest BCUT2D eigenvalue weighted by Gasteiger charge is 2.33. The fourth-order valence-electron chi connectivity index (χ4n) is 3.53. The van der Waals surface area contributed by atoms with Crippen LogP contribution in [-0.4, -0.2) is 17.1 Å². The summed E-state index contributed by atoms with van der Waals surface area (Å²) < 4.78 is 21.2. The smallest absolute Gasteiger partial charge is 0.338 e. The highest BCUT2D eigenvalue weighted by molar-refractivity contribution is 7.07. The molecular weight excluding hydrogens is 474 g/mol. The van der Waals surface area contributed by atoms with Gasteiger partial charge in [0.2, 0.25) is 0 Å². The fraction of sp³-hybridized carbons (Fsp3) is 0.174. The first-order valence-electron chi connectivity index (χ1n) is 9.71. The topological polar surface area (TPSA) is 60.7 Å². The first-order chi connectivity index (χ1) is 15.3. The van der Waals surface area contributed by atoms with Gasteiger partial charge in [0.05, 0.1) is 33.5 Å². The number of esters is 1. The van der Waals surface area contributed by atoms with Gasteiger partial charge in [-0.15, -0.1) is 0 Å². The molecule has 0 N–H and O–H groups in total. The van der Waals surface area contributed by atoms with E-state index < -0.39 is 23.4 Å². The Labute approximate surface area is 196 Å². The average molecular weight is 491 g/mol. The van der Waals surface area contributed by atoms with Crippen molar-refractivity contribution in [1.29, 1.82) is 0 Å². The van der Waals surface area contributed by atoms with Crippen LogP contribution in [0.15, 0.2) is 63.5 Å². The lowest BCUT2D eigenvalue weighted by Crippen LogP contribution is -2.39. The van der Waals surface area contributed by atoms with Crippen molar-refractivity contribution in [3.05, 3.63) is 100 Å². The van der Waals surface area contributed by atoms with E-state index in [4.69, 9.17) is 27.9 Å². The van der Waals surface area contributed by atoms with Crippen LogP contribution >= 0.6 is 34.5 Å². The summed E-state index contributed by atoms with van der Waals surface area (Å²) in [5.41, 5.74) is 1.08. The van der Waals surface area contributed by atoms with Crippen molar-refractivity contribution >= 4 is 46.6 Å². The van der Waals surface area contributed by atoms with Gasteiger partial charge in [-0.05, 0) is 49.8 Å². The molecule has 164 valence electrons. The van der Waals surface area contributed by atoms with Gasteiger partial charge in [-0.2, -0.15) is 0 Å². The standard InChI is InChI=1S/C23H17Cl2FN2O3S/c1-3-31-22(30)19-12(2)27-23-28(20(19)13-7-9-14(24)10-8-13)21(29)18(32-23)11-15-16(25)5-4-6-17(15)26/h4-11,20H,3H2,1-2H3/b18-11+/t20-/m0/s1. The molecule has 0 fully saturated rings. The molecule has 0 unspecified atom stereocenters. The molecule has 1 aromatic heterocycles. The molecule has 0 radical (unpaired) electrons. The van der Waals surface area contributed by atoms with Crippen LogP contribution in [0, 0.1) is 5.82 Å². The largest absolute Gasteiger partial charge is 0.463 e. The Morgan fingerprint density at radius 1 is 1.25 bits per heavy atom. The van der Waals surface area contributed by atoms with E-state index in [1.807, 2.05) is 0 Å². The molecule has 3 aromatic rings. The molecule has 2 aromatic carbocycles. The minimum atomic E-state index is -0.763. The molecule has 0 saturated carbocycles. The number of aromatic nitrogens is 1. The van der Waals surface area contributed by atoms with Gasteiger partial charge in [0.1, 0.15) is 5.82 Å². The van der Waals surface area contributed by atoms with Gasteiger partial charge < -0.3 is 4.74 Å². The minimum absolute atomic E-state index is 0.115. The fourth-order valence-corrected chi connectivity index (χ4v) is 4.90. The SMILES string of the molecule is CCOC(=O)C1=C(C)N=c2s/c(=C/c3c(F)cccc3Cl)c(=O)n2[C@H]1c1ccc(Cl)cc1. The molecule has 4 rings (SSSR count). The monoisotopic (exact) mass is 490 g/mol. The zero-order valence-corrected chi connectivity index (χ0v) is 19.4. The second kappa shape index (κ2) is 9.02. The van der Waals surface area contributed by atoms with Gasteiger partial charge in [0.15, 0.2) is 4.80 Å². The Morgan fingerprint density at radius 3 is 2.62 bits per heavy atom. The van der Waals surface area contributed by atoms with Crippen molar-refractivity contribution in [2.75, 3.05) is 6.61 Å². The zero-order chi connectivity index (χ0) is 23.0. The highest BCUT2D eigenvalue weighted by atomic mass is 35.5. The van der Waals surface area contributed by atoms with Crippen LogP contribution in [-0.2, 0) is 9.53 Å². The molecule has 1 aliphatic rings. The predicted molar refractivity (Wildman–Crippen MR) is 123 cm³/mol. The van der Waals surface area contributed by atoms with Gasteiger partial charge in [0.25, 0.3) is 5.56 Å². The highest BCUT2D eigenvalue weighted by Crippen LogP contribution is 2.31. The lowest BCUT2D eigenvalue weighted by Gasteiger charge is -2.24. The number of halogens is 3. The molecule has 0 bridgehead atoms. The van der Waals surface area contributed by atoms with Gasteiger partial charge in [-0.3, -0.25) is 9.36 Å². The molecular formula is C23H17Cl2FN2O3S. The quantitative estimate of drug-likeness (QED) is 0.513. The number of hydrogen-bond acceptors (Lipinski definition) is 5. The van der Waals surface area contributed by atoms with Crippen LogP contribution in [0.25, 0.3) is 6.08 Å². The lowest BCUT2D eigenvalue weighted by atomic mass is 9.96. The maximum absolute atomic E-state index is 14.3. The van der Waals surface area contributed by atoms with E-state index in [0.29, 0.717) is 21.1 Å². The first-order valence-corrected chi connectivity index (χ1v) is 11.3. The molecule has 1 atom stereocenters. The molecule has 0 saturated heterocycles. The van der Waals surface area contributed by atoms with E-state index in [9.17, 15) is 14.0 Å². The second-order valence-electron chi connectivity index (χ2n) is 6.99. The summed E-state index contributed by atoms with van der Waals surface area (Å²) in [5.74, 6) is -1.10. The molecule has 0 amide bonds. The summed E-state index contributed by atoms with van der Waals surface area (Å²) >= 11 is 13.3.